The number of carbonyl (C=O) groups is 1. The van der Waals surface area contributed by atoms with Crippen molar-refractivity contribution in [1.29, 1.82) is 0 Å². The molecule has 0 aromatic heterocycles. The van der Waals surface area contributed by atoms with Gasteiger partial charge in [0.05, 0.1) is 0 Å². The summed E-state index contributed by atoms with van der Waals surface area (Å²) < 4.78 is 0. The second kappa shape index (κ2) is 2.86. The molecule has 14 heavy (non-hydrogen) atoms. The smallest absolute Gasteiger partial charge is 0.320 e. The van der Waals surface area contributed by atoms with Gasteiger partial charge in [0, 0.05) is 32.2 Å². The van der Waals surface area contributed by atoms with Crippen LogP contribution >= 0.6 is 0 Å². The summed E-state index contributed by atoms with van der Waals surface area (Å²) in [5.74, 6) is 0.823. The minimum absolute atomic E-state index is 0.226. The molecule has 3 fully saturated rings. The molecule has 0 aromatic rings. The van der Waals surface area contributed by atoms with E-state index in [0.717, 1.165) is 19.0 Å². The van der Waals surface area contributed by atoms with Gasteiger partial charge in [0.15, 0.2) is 0 Å². The summed E-state index contributed by atoms with van der Waals surface area (Å²) >= 11 is 0. The number of rotatable bonds is 1. The van der Waals surface area contributed by atoms with Crippen molar-refractivity contribution in [3.63, 3.8) is 0 Å². The molecule has 78 valence electrons. The van der Waals surface area contributed by atoms with Gasteiger partial charge in [0.25, 0.3) is 0 Å². The Morgan fingerprint density at radius 3 is 2.71 bits per heavy atom. The first-order valence-electron chi connectivity index (χ1n) is 5.51. The SMILES string of the molecule is CN1CCN(C2CC3CNC2C3)C1=O. The van der Waals surface area contributed by atoms with Gasteiger partial charge in [-0.25, -0.2) is 4.79 Å². The topological polar surface area (TPSA) is 35.6 Å². The number of piperidine rings is 1. The van der Waals surface area contributed by atoms with Gasteiger partial charge < -0.3 is 15.1 Å². The van der Waals surface area contributed by atoms with Gasteiger partial charge in [-0.05, 0) is 25.3 Å². The Morgan fingerprint density at radius 1 is 1.36 bits per heavy atom. The maximum absolute atomic E-state index is 11.8. The van der Waals surface area contributed by atoms with E-state index in [1.165, 1.54) is 19.4 Å². The van der Waals surface area contributed by atoms with E-state index in [0.29, 0.717) is 12.1 Å². The van der Waals surface area contributed by atoms with Gasteiger partial charge in [-0.3, -0.25) is 0 Å². The van der Waals surface area contributed by atoms with Crippen molar-refractivity contribution in [2.24, 2.45) is 5.92 Å². The lowest BCUT2D eigenvalue weighted by Crippen LogP contribution is -2.49. The van der Waals surface area contributed by atoms with Crippen LogP contribution in [0.4, 0.5) is 4.79 Å². The van der Waals surface area contributed by atoms with E-state index < -0.39 is 0 Å². The number of urea groups is 1. The summed E-state index contributed by atoms with van der Waals surface area (Å²) in [7, 11) is 1.89. The first kappa shape index (κ1) is 8.53. The molecule has 2 amide bonds. The standard InChI is InChI=1S/C10H17N3O/c1-12-2-3-13(10(12)14)9-5-7-4-8(9)11-6-7/h7-9,11H,2-6H2,1H3. The first-order chi connectivity index (χ1) is 6.75. The van der Waals surface area contributed by atoms with Crippen LogP contribution in [0.15, 0.2) is 0 Å². The number of likely N-dealkylation sites (N-methyl/N-ethyl adjacent to an activating group) is 1. The fraction of sp³-hybridized carbons (Fsp3) is 0.900. The zero-order valence-corrected chi connectivity index (χ0v) is 8.57. The number of hydrogen-bond donors (Lipinski definition) is 1. The van der Waals surface area contributed by atoms with Crippen molar-refractivity contribution < 1.29 is 4.79 Å². The number of fused-ring (bicyclic) bond motifs is 2. The van der Waals surface area contributed by atoms with Gasteiger partial charge in [0.2, 0.25) is 0 Å². The highest BCUT2D eigenvalue weighted by Crippen LogP contribution is 2.35. The van der Waals surface area contributed by atoms with Crippen LogP contribution in [-0.2, 0) is 0 Å². The lowest BCUT2D eigenvalue weighted by molar-refractivity contribution is 0.169. The Morgan fingerprint density at radius 2 is 2.21 bits per heavy atom. The van der Waals surface area contributed by atoms with Crippen molar-refractivity contribution in [1.82, 2.24) is 15.1 Å². The Hall–Kier alpha value is -0.770. The number of amides is 2. The molecule has 3 rings (SSSR count). The minimum atomic E-state index is 0.226. The lowest BCUT2D eigenvalue weighted by atomic mass is 10.1. The van der Waals surface area contributed by atoms with Gasteiger partial charge in [-0.15, -0.1) is 0 Å². The van der Waals surface area contributed by atoms with Crippen LogP contribution in [0.25, 0.3) is 0 Å². The third kappa shape index (κ3) is 1.06. The molecule has 1 saturated carbocycles. The van der Waals surface area contributed by atoms with E-state index in [2.05, 4.69) is 10.2 Å². The second-order valence-corrected chi connectivity index (χ2v) is 4.82. The van der Waals surface area contributed by atoms with Gasteiger partial charge in [0.1, 0.15) is 0 Å². The number of hydrogen-bond acceptors (Lipinski definition) is 2. The van der Waals surface area contributed by atoms with Crippen molar-refractivity contribution in [2.75, 3.05) is 26.7 Å². The summed E-state index contributed by atoms with van der Waals surface area (Å²) in [6.07, 6.45) is 2.50. The van der Waals surface area contributed by atoms with E-state index in [1.807, 2.05) is 11.9 Å². The lowest BCUT2D eigenvalue weighted by Gasteiger charge is -2.31. The normalized spacial score (nSPS) is 41.5. The zero-order chi connectivity index (χ0) is 9.71. The maximum Gasteiger partial charge on any atom is 0.320 e. The van der Waals surface area contributed by atoms with Crippen molar-refractivity contribution in [2.45, 2.75) is 24.9 Å². The predicted octanol–water partition coefficient (Wildman–Crippen LogP) is 0.104. The van der Waals surface area contributed by atoms with E-state index in [9.17, 15) is 4.79 Å². The summed E-state index contributed by atoms with van der Waals surface area (Å²) in [5, 5.41) is 3.51. The average Bonchev–Trinajstić information content (AvgIpc) is 2.84. The maximum atomic E-state index is 11.8. The average molecular weight is 195 g/mol. The van der Waals surface area contributed by atoms with Crippen LogP contribution in [0, 0.1) is 5.92 Å². The zero-order valence-electron chi connectivity index (χ0n) is 8.57. The summed E-state index contributed by atoms with van der Waals surface area (Å²) in [6.45, 7) is 2.98. The monoisotopic (exact) mass is 195 g/mol. The largest absolute Gasteiger partial charge is 0.326 e. The van der Waals surface area contributed by atoms with Crippen molar-refractivity contribution in [3.8, 4) is 0 Å². The Labute approximate surface area is 84.2 Å². The Kier molecular flexibility index (Phi) is 1.74. The molecular weight excluding hydrogens is 178 g/mol. The molecule has 2 saturated heterocycles. The molecule has 4 heteroatoms. The molecule has 1 N–H and O–H groups in total. The van der Waals surface area contributed by atoms with E-state index in [4.69, 9.17) is 0 Å². The van der Waals surface area contributed by atoms with Crippen LogP contribution in [0.3, 0.4) is 0 Å². The molecule has 1 aliphatic carbocycles. The molecule has 0 spiro atoms. The second-order valence-electron chi connectivity index (χ2n) is 4.82. The molecule has 3 aliphatic rings. The van der Waals surface area contributed by atoms with Crippen LogP contribution in [0.5, 0.6) is 0 Å². The van der Waals surface area contributed by atoms with E-state index in [1.54, 1.807) is 0 Å². The van der Waals surface area contributed by atoms with Crippen molar-refractivity contribution >= 4 is 6.03 Å². The van der Waals surface area contributed by atoms with Crippen LogP contribution in [0.1, 0.15) is 12.8 Å². The summed E-state index contributed by atoms with van der Waals surface area (Å²) in [5.41, 5.74) is 0. The molecule has 2 aliphatic heterocycles. The fourth-order valence-corrected chi connectivity index (χ4v) is 3.14. The Balaban J connectivity index is 1.75. The molecule has 2 bridgehead atoms. The third-order valence-corrected chi connectivity index (χ3v) is 3.94. The summed E-state index contributed by atoms with van der Waals surface area (Å²) in [4.78, 5) is 15.7. The highest BCUT2D eigenvalue weighted by atomic mass is 16.2. The molecule has 3 unspecified atom stereocenters. The molecule has 0 aromatic carbocycles. The molecule has 2 heterocycles. The summed E-state index contributed by atoms with van der Waals surface area (Å²) in [6, 6.07) is 1.28. The number of nitrogens with one attached hydrogen (secondary N) is 1. The van der Waals surface area contributed by atoms with Crippen LogP contribution in [0.2, 0.25) is 0 Å². The van der Waals surface area contributed by atoms with Crippen molar-refractivity contribution in [3.05, 3.63) is 0 Å². The van der Waals surface area contributed by atoms with Gasteiger partial charge in [-0.1, -0.05) is 0 Å². The fourth-order valence-electron chi connectivity index (χ4n) is 3.14. The highest BCUT2D eigenvalue weighted by molar-refractivity contribution is 5.76. The molecule has 3 atom stereocenters. The first-order valence-corrected chi connectivity index (χ1v) is 5.51. The predicted molar refractivity (Wildman–Crippen MR) is 53.0 cm³/mol. The van der Waals surface area contributed by atoms with Gasteiger partial charge in [-0.2, -0.15) is 0 Å². The number of nitrogens with zero attached hydrogens (tertiary/aromatic N) is 2. The molecule has 4 nitrogen and oxygen atoms in total. The van der Waals surface area contributed by atoms with Gasteiger partial charge >= 0.3 is 6.03 Å². The van der Waals surface area contributed by atoms with Crippen LogP contribution in [-0.4, -0.2) is 54.6 Å². The van der Waals surface area contributed by atoms with E-state index >= 15 is 0 Å². The Bertz CT molecular complexity index is 268. The minimum Gasteiger partial charge on any atom is -0.326 e. The van der Waals surface area contributed by atoms with E-state index in [-0.39, 0.29) is 6.03 Å². The third-order valence-electron chi connectivity index (χ3n) is 3.94. The quantitative estimate of drug-likeness (QED) is 0.644. The molecular formula is C10H17N3O. The molecule has 0 radical (unpaired) electrons. The van der Waals surface area contributed by atoms with Crippen LogP contribution < -0.4 is 5.32 Å². The highest BCUT2D eigenvalue weighted by Gasteiger charge is 2.45. The number of carbonyl (C=O) groups excluding carboxylic acids is 1.